The van der Waals surface area contributed by atoms with Crippen molar-refractivity contribution in [1.82, 2.24) is 20.8 Å². The molecular formula is C13H17N5O5S. The van der Waals surface area contributed by atoms with Gasteiger partial charge in [-0.15, -0.1) is 10.2 Å². The summed E-state index contributed by atoms with van der Waals surface area (Å²) in [6.07, 6.45) is -0.857. The standard InChI is InChI=1S/C7H5N3O2S.C6H12N2O3/c11-2-4-1-5-7(10-9-4)13-3-6(12)8-5;9-5-3-7-1-4(5)2-8-6(10)11/h1-2H,3H2,(H,8,12);4-5,7-9H,1-3H2,(H,10,11)/t;4-,5-/m.1/s1. The molecule has 0 radical (unpaired) electrons. The highest BCUT2D eigenvalue weighted by atomic mass is 32.2. The van der Waals surface area contributed by atoms with Gasteiger partial charge in [-0.2, -0.15) is 0 Å². The maximum absolute atomic E-state index is 11.0. The Bertz CT molecular complexity index is 629. The van der Waals surface area contributed by atoms with Crippen molar-refractivity contribution in [1.29, 1.82) is 0 Å². The normalized spacial score (nSPS) is 21.8. The maximum atomic E-state index is 11.0. The van der Waals surface area contributed by atoms with Crippen LogP contribution < -0.4 is 16.0 Å². The number of aldehydes is 1. The molecule has 1 saturated heterocycles. The lowest BCUT2D eigenvalue weighted by Crippen LogP contribution is -2.33. The SMILES string of the molecule is O=C(O)NC[C@H]1CNC[C@H]1O.O=Cc1cc2c(nn1)SCC(=O)N2. The number of nitrogens with one attached hydrogen (secondary N) is 3. The maximum Gasteiger partial charge on any atom is 0.404 e. The molecular weight excluding hydrogens is 338 g/mol. The van der Waals surface area contributed by atoms with E-state index in [1.165, 1.54) is 17.8 Å². The van der Waals surface area contributed by atoms with E-state index in [0.717, 1.165) is 0 Å². The zero-order chi connectivity index (χ0) is 17.5. The molecule has 0 spiro atoms. The number of carbonyl (C=O) groups is 3. The topological polar surface area (TPSA) is 154 Å². The zero-order valence-corrected chi connectivity index (χ0v) is 13.4. The van der Waals surface area contributed by atoms with Crippen molar-refractivity contribution in [3.8, 4) is 0 Å². The Balaban J connectivity index is 0.000000177. The Morgan fingerprint density at radius 3 is 2.88 bits per heavy atom. The average Bonchev–Trinajstić information content (AvgIpc) is 2.98. The molecule has 3 rings (SSSR count). The first-order valence-corrected chi connectivity index (χ1v) is 8.09. The lowest BCUT2D eigenvalue weighted by Gasteiger charge is -2.13. The van der Waals surface area contributed by atoms with Crippen LogP contribution in [0, 0.1) is 5.92 Å². The molecule has 130 valence electrons. The van der Waals surface area contributed by atoms with E-state index in [2.05, 4.69) is 26.1 Å². The Labute approximate surface area is 141 Å². The summed E-state index contributed by atoms with van der Waals surface area (Å²) in [6, 6.07) is 1.51. The summed E-state index contributed by atoms with van der Waals surface area (Å²) in [5.74, 6) is 0.288. The van der Waals surface area contributed by atoms with Crippen LogP contribution in [0.2, 0.25) is 0 Å². The fourth-order valence-electron chi connectivity index (χ4n) is 2.12. The molecule has 11 heteroatoms. The molecule has 1 fully saturated rings. The minimum Gasteiger partial charge on any atom is -0.465 e. The Hall–Kier alpha value is -2.24. The van der Waals surface area contributed by atoms with Crippen LogP contribution in [0.25, 0.3) is 0 Å². The predicted octanol–water partition coefficient (Wildman–Crippen LogP) is -0.832. The van der Waals surface area contributed by atoms with Crippen molar-refractivity contribution in [2.24, 2.45) is 5.92 Å². The minimum atomic E-state index is -1.04. The summed E-state index contributed by atoms with van der Waals surface area (Å²) in [5.41, 5.74) is 0.792. The van der Waals surface area contributed by atoms with Gasteiger partial charge < -0.3 is 26.2 Å². The molecule has 0 saturated carbocycles. The van der Waals surface area contributed by atoms with Crippen molar-refractivity contribution in [2.75, 3.05) is 30.7 Å². The number of aromatic nitrogens is 2. The van der Waals surface area contributed by atoms with Gasteiger partial charge in [-0.05, 0) is 6.07 Å². The van der Waals surface area contributed by atoms with Crippen LogP contribution in [-0.4, -0.2) is 70.2 Å². The molecule has 1 aromatic rings. The summed E-state index contributed by atoms with van der Waals surface area (Å²) in [7, 11) is 0. The molecule has 24 heavy (non-hydrogen) atoms. The second-order valence-electron chi connectivity index (χ2n) is 5.11. The number of amides is 2. The minimum absolute atomic E-state index is 0.0195. The van der Waals surface area contributed by atoms with Gasteiger partial charge in [0.2, 0.25) is 5.91 Å². The fraction of sp³-hybridized carbons (Fsp3) is 0.462. The quantitative estimate of drug-likeness (QED) is 0.437. The van der Waals surface area contributed by atoms with Crippen LogP contribution in [0.15, 0.2) is 11.1 Å². The van der Waals surface area contributed by atoms with Gasteiger partial charge in [-0.25, -0.2) is 4.79 Å². The molecule has 3 heterocycles. The van der Waals surface area contributed by atoms with Gasteiger partial charge in [0.1, 0.15) is 10.7 Å². The number of hydrogen-bond donors (Lipinski definition) is 5. The van der Waals surface area contributed by atoms with E-state index in [-0.39, 0.29) is 17.5 Å². The number of β-amino-alcohol motifs (C(OH)–C–C–N with tert-alkyl or cyclic N) is 1. The Morgan fingerprint density at radius 2 is 2.25 bits per heavy atom. The van der Waals surface area contributed by atoms with Crippen molar-refractivity contribution in [2.45, 2.75) is 11.1 Å². The molecule has 10 nitrogen and oxygen atoms in total. The summed E-state index contributed by atoms with van der Waals surface area (Å²) in [5, 5.41) is 33.4. The summed E-state index contributed by atoms with van der Waals surface area (Å²) in [4.78, 5) is 31.4. The molecule has 5 N–H and O–H groups in total. The first-order valence-electron chi connectivity index (χ1n) is 7.10. The van der Waals surface area contributed by atoms with Gasteiger partial charge >= 0.3 is 6.09 Å². The highest BCUT2D eigenvalue weighted by molar-refractivity contribution is 8.00. The third kappa shape index (κ3) is 5.15. The van der Waals surface area contributed by atoms with Crippen LogP contribution in [-0.2, 0) is 4.79 Å². The van der Waals surface area contributed by atoms with Crippen LogP contribution in [0.4, 0.5) is 10.5 Å². The number of hydrogen-bond acceptors (Lipinski definition) is 8. The number of rotatable bonds is 3. The third-order valence-electron chi connectivity index (χ3n) is 3.33. The van der Waals surface area contributed by atoms with Crippen LogP contribution >= 0.6 is 11.8 Å². The van der Waals surface area contributed by atoms with E-state index in [4.69, 9.17) is 5.11 Å². The number of fused-ring (bicyclic) bond motifs is 1. The molecule has 2 atom stereocenters. The largest absolute Gasteiger partial charge is 0.465 e. The Morgan fingerprint density at radius 1 is 1.46 bits per heavy atom. The van der Waals surface area contributed by atoms with Gasteiger partial charge in [-0.1, -0.05) is 11.8 Å². The number of carbonyl (C=O) groups excluding carboxylic acids is 2. The number of nitrogens with zero attached hydrogens (tertiary/aromatic N) is 2. The summed E-state index contributed by atoms with van der Waals surface area (Å²) >= 11 is 1.31. The molecule has 0 aromatic carbocycles. The average molecular weight is 355 g/mol. The molecule has 0 unspecified atom stereocenters. The molecule has 2 aliphatic heterocycles. The second-order valence-corrected chi connectivity index (χ2v) is 6.08. The smallest absolute Gasteiger partial charge is 0.404 e. The van der Waals surface area contributed by atoms with Gasteiger partial charge in [0.25, 0.3) is 0 Å². The van der Waals surface area contributed by atoms with Gasteiger partial charge in [0.15, 0.2) is 6.29 Å². The first kappa shape index (κ1) is 18.1. The van der Waals surface area contributed by atoms with Gasteiger partial charge in [-0.3, -0.25) is 9.59 Å². The number of aliphatic hydroxyl groups is 1. The number of thioether (sulfide) groups is 1. The van der Waals surface area contributed by atoms with E-state index in [9.17, 15) is 19.5 Å². The van der Waals surface area contributed by atoms with E-state index in [1.807, 2.05) is 0 Å². The number of carboxylic acid groups (broad SMARTS) is 1. The molecule has 0 bridgehead atoms. The van der Waals surface area contributed by atoms with E-state index in [1.54, 1.807) is 0 Å². The van der Waals surface area contributed by atoms with Gasteiger partial charge in [0, 0.05) is 25.6 Å². The highest BCUT2D eigenvalue weighted by Gasteiger charge is 2.24. The molecule has 2 aliphatic rings. The van der Waals surface area contributed by atoms with E-state index < -0.39 is 12.2 Å². The lowest BCUT2D eigenvalue weighted by atomic mass is 10.1. The van der Waals surface area contributed by atoms with E-state index >= 15 is 0 Å². The van der Waals surface area contributed by atoms with Crippen molar-refractivity contribution >= 4 is 35.7 Å². The monoisotopic (exact) mass is 355 g/mol. The summed E-state index contributed by atoms with van der Waals surface area (Å²) < 4.78 is 0. The number of aliphatic hydroxyl groups excluding tert-OH is 1. The van der Waals surface area contributed by atoms with Crippen molar-refractivity contribution in [3.05, 3.63) is 11.8 Å². The number of anilines is 1. The lowest BCUT2D eigenvalue weighted by molar-refractivity contribution is -0.113. The van der Waals surface area contributed by atoms with Crippen LogP contribution in [0.3, 0.4) is 0 Å². The van der Waals surface area contributed by atoms with Gasteiger partial charge in [0.05, 0.1) is 17.5 Å². The zero-order valence-electron chi connectivity index (χ0n) is 12.6. The van der Waals surface area contributed by atoms with Crippen LogP contribution in [0.1, 0.15) is 10.5 Å². The molecule has 2 amide bonds. The van der Waals surface area contributed by atoms with Crippen LogP contribution in [0.5, 0.6) is 0 Å². The Kier molecular flexibility index (Phi) is 6.46. The van der Waals surface area contributed by atoms with E-state index in [0.29, 0.717) is 42.4 Å². The molecule has 0 aliphatic carbocycles. The first-order chi connectivity index (χ1) is 11.5. The predicted molar refractivity (Wildman–Crippen MR) is 85.2 cm³/mol. The summed E-state index contributed by atoms with van der Waals surface area (Å²) in [6.45, 7) is 1.57. The third-order valence-corrected chi connectivity index (χ3v) is 4.31. The highest BCUT2D eigenvalue weighted by Crippen LogP contribution is 2.28. The van der Waals surface area contributed by atoms with Crippen molar-refractivity contribution in [3.63, 3.8) is 0 Å². The van der Waals surface area contributed by atoms with Crippen molar-refractivity contribution < 1.29 is 24.6 Å². The second kappa shape index (κ2) is 8.57. The fourth-order valence-corrected chi connectivity index (χ4v) is 2.82. The molecule has 1 aromatic heterocycles.